The number of hydrogen-bond acceptors (Lipinski definition) is 2. The van der Waals surface area contributed by atoms with Gasteiger partial charge in [-0.15, -0.1) is 0 Å². The number of likely N-dealkylation sites (tertiary alicyclic amines) is 1. The minimum absolute atomic E-state index is 0.316. The number of piperidine rings is 1. The van der Waals surface area contributed by atoms with E-state index in [1.807, 2.05) is 0 Å². The summed E-state index contributed by atoms with van der Waals surface area (Å²) in [5, 5.41) is 0. The van der Waals surface area contributed by atoms with Crippen LogP contribution in [0.25, 0.3) is 0 Å². The van der Waals surface area contributed by atoms with Gasteiger partial charge in [0, 0.05) is 25.6 Å². The zero-order valence-corrected chi connectivity index (χ0v) is 15.3. The average Bonchev–Trinajstić information content (AvgIpc) is 3.15. The standard InChI is InChI=1S/C22H32N2O/c23-15-16-3-1-5-19(13-16)18-9-11-24(12-10-18)22(25)21-8-7-17-4-2-6-20(17)14-21/h1,3,5,13,17-18,20-21H,2,4,6-12,14-15,23H2. The van der Waals surface area contributed by atoms with Gasteiger partial charge in [-0.25, -0.2) is 0 Å². The number of nitrogens with zero attached hydrogens (tertiary/aromatic N) is 1. The van der Waals surface area contributed by atoms with Gasteiger partial charge in [0.1, 0.15) is 0 Å². The molecule has 3 aliphatic rings. The van der Waals surface area contributed by atoms with Crippen molar-refractivity contribution in [1.29, 1.82) is 0 Å². The van der Waals surface area contributed by atoms with Crippen molar-refractivity contribution < 1.29 is 4.79 Å². The normalized spacial score (nSPS) is 30.3. The molecule has 3 fully saturated rings. The Hall–Kier alpha value is -1.35. The first-order valence-corrected chi connectivity index (χ1v) is 10.3. The minimum atomic E-state index is 0.316. The molecule has 4 rings (SSSR count). The Bertz CT molecular complexity index is 606. The molecule has 0 radical (unpaired) electrons. The second kappa shape index (κ2) is 7.49. The molecule has 0 aromatic heterocycles. The molecule has 2 aliphatic carbocycles. The van der Waals surface area contributed by atoms with Crippen molar-refractivity contribution in [1.82, 2.24) is 4.90 Å². The van der Waals surface area contributed by atoms with Crippen molar-refractivity contribution in [2.45, 2.75) is 63.8 Å². The van der Waals surface area contributed by atoms with Crippen molar-refractivity contribution in [2.75, 3.05) is 13.1 Å². The number of rotatable bonds is 3. The van der Waals surface area contributed by atoms with Crippen molar-refractivity contribution >= 4 is 5.91 Å². The van der Waals surface area contributed by atoms with Crippen LogP contribution < -0.4 is 5.73 Å². The fraction of sp³-hybridized carbons (Fsp3) is 0.682. The second-order valence-corrected chi connectivity index (χ2v) is 8.51. The van der Waals surface area contributed by atoms with Crippen molar-refractivity contribution in [3.05, 3.63) is 35.4 Å². The third kappa shape index (κ3) is 3.62. The number of carbonyl (C=O) groups excluding carboxylic acids is 1. The third-order valence-corrected chi connectivity index (χ3v) is 7.10. The molecule has 1 heterocycles. The summed E-state index contributed by atoms with van der Waals surface area (Å²) in [6.07, 6.45) is 9.97. The molecule has 3 heteroatoms. The maximum absolute atomic E-state index is 13.0. The summed E-state index contributed by atoms with van der Waals surface area (Å²) >= 11 is 0. The molecule has 1 aromatic carbocycles. The number of carbonyl (C=O) groups is 1. The van der Waals surface area contributed by atoms with Gasteiger partial charge in [-0.3, -0.25) is 4.79 Å². The summed E-state index contributed by atoms with van der Waals surface area (Å²) in [5.74, 6) is 3.14. The summed E-state index contributed by atoms with van der Waals surface area (Å²) in [6, 6.07) is 8.70. The van der Waals surface area contributed by atoms with E-state index in [0.717, 1.165) is 44.2 Å². The monoisotopic (exact) mass is 340 g/mol. The highest BCUT2D eigenvalue weighted by Gasteiger charge is 2.38. The van der Waals surface area contributed by atoms with Crippen LogP contribution in [0, 0.1) is 17.8 Å². The molecule has 1 aromatic rings. The maximum Gasteiger partial charge on any atom is 0.225 e. The number of amides is 1. The van der Waals surface area contributed by atoms with Gasteiger partial charge in [-0.2, -0.15) is 0 Å². The van der Waals surface area contributed by atoms with Crippen LogP contribution in [0.1, 0.15) is 68.4 Å². The minimum Gasteiger partial charge on any atom is -0.342 e. The van der Waals surface area contributed by atoms with Gasteiger partial charge < -0.3 is 10.6 Å². The highest BCUT2D eigenvalue weighted by molar-refractivity contribution is 5.79. The smallest absolute Gasteiger partial charge is 0.225 e. The van der Waals surface area contributed by atoms with E-state index in [1.54, 1.807) is 0 Å². The molecule has 136 valence electrons. The fourth-order valence-electron chi connectivity index (χ4n) is 5.59. The lowest BCUT2D eigenvalue weighted by Gasteiger charge is -2.37. The molecule has 3 atom stereocenters. The van der Waals surface area contributed by atoms with E-state index in [9.17, 15) is 4.79 Å². The molecule has 1 aliphatic heterocycles. The van der Waals surface area contributed by atoms with Crippen molar-refractivity contribution in [3.8, 4) is 0 Å². The van der Waals surface area contributed by atoms with Crippen LogP contribution in [-0.4, -0.2) is 23.9 Å². The summed E-state index contributed by atoms with van der Waals surface area (Å²) in [6.45, 7) is 2.47. The topological polar surface area (TPSA) is 46.3 Å². The summed E-state index contributed by atoms with van der Waals surface area (Å²) in [4.78, 5) is 15.2. The lowest BCUT2D eigenvalue weighted by atomic mass is 9.75. The van der Waals surface area contributed by atoms with Gasteiger partial charge in [0.2, 0.25) is 5.91 Å². The quantitative estimate of drug-likeness (QED) is 0.901. The van der Waals surface area contributed by atoms with Crippen LogP contribution in [0.4, 0.5) is 0 Å². The molecule has 1 saturated heterocycles. The fourth-order valence-corrected chi connectivity index (χ4v) is 5.59. The largest absolute Gasteiger partial charge is 0.342 e. The average molecular weight is 341 g/mol. The molecule has 2 N–H and O–H groups in total. The zero-order valence-electron chi connectivity index (χ0n) is 15.3. The van der Waals surface area contributed by atoms with Crippen LogP contribution in [-0.2, 0) is 11.3 Å². The Morgan fingerprint density at radius 1 is 1.04 bits per heavy atom. The third-order valence-electron chi connectivity index (χ3n) is 7.10. The molecule has 3 nitrogen and oxygen atoms in total. The van der Waals surface area contributed by atoms with Crippen LogP contribution in [0.3, 0.4) is 0 Å². The van der Waals surface area contributed by atoms with Crippen LogP contribution in [0.2, 0.25) is 0 Å². The first-order chi connectivity index (χ1) is 12.2. The number of fused-ring (bicyclic) bond motifs is 1. The number of nitrogens with two attached hydrogens (primary N) is 1. The lowest BCUT2D eigenvalue weighted by molar-refractivity contribution is -0.138. The number of hydrogen-bond donors (Lipinski definition) is 1. The van der Waals surface area contributed by atoms with E-state index in [1.165, 1.54) is 43.2 Å². The van der Waals surface area contributed by atoms with Crippen molar-refractivity contribution in [3.63, 3.8) is 0 Å². The molecule has 0 bridgehead atoms. The predicted molar refractivity (Wildman–Crippen MR) is 101 cm³/mol. The second-order valence-electron chi connectivity index (χ2n) is 8.51. The zero-order chi connectivity index (χ0) is 17.2. The van der Waals surface area contributed by atoms with Gasteiger partial charge in [-0.1, -0.05) is 43.5 Å². The van der Waals surface area contributed by atoms with E-state index in [0.29, 0.717) is 24.3 Å². The molecule has 3 unspecified atom stereocenters. The molecule has 25 heavy (non-hydrogen) atoms. The van der Waals surface area contributed by atoms with Gasteiger partial charge >= 0.3 is 0 Å². The Balaban J connectivity index is 1.33. The Morgan fingerprint density at radius 2 is 1.84 bits per heavy atom. The SMILES string of the molecule is NCc1cccc(C2CCN(C(=O)C3CCC4CCCC4C3)CC2)c1. The van der Waals surface area contributed by atoms with E-state index in [4.69, 9.17) is 5.73 Å². The van der Waals surface area contributed by atoms with Crippen LogP contribution in [0.15, 0.2) is 24.3 Å². The van der Waals surface area contributed by atoms with E-state index >= 15 is 0 Å². The Morgan fingerprint density at radius 3 is 2.64 bits per heavy atom. The predicted octanol–water partition coefficient (Wildman–Crippen LogP) is 4.07. The first kappa shape index (κ1) is 17.1. The molecular formula is C22H32N2O. The summed E-state index contributed by atoms with van der Waals surface area (Å²) in [5.41, 5.74) is 8.39. The first-order valence-electron chi connectivity index (χ1n) is 10.3. The van der Waals surface area contributed by atoms with Gasteiger partial charge in [0.15, 0.2) is 0 Å². The van der Waals surface area contributed by atoms with E-state index < -0.39 is 0 Å². The summed E-state index contributed by atoms with van der Waals surface area (Å²) in [7, 11) is 0. The van der Waals surface area contributed by atoms with Gasteiger partial charge in [-0.05, 0) is 61.0 Å². The summed E-state index contributed by atoms with van der Waals surface area (Å²) < 4.78 is 0. The van der Waals surface area contributed by atoms with E-state index in [2.05, 4.69) is 29.2 Å². The Labute approximate surface area is 152 Å². The van der Waals surface area contributed by atoms with Crippen molar-refractivity contribution in [2.24, 2.45) is 23.5 Å². The molecule has 2 saturated carbocycles. The van der Waals surface area contributed by atoms with Crippen LogP contribution >= 0.6 is 0 Å². The molecular weight excluding hydrogens is 308 g/mol. The Kier molecular flexibility index (Phi) is 5.12. The van der Waals surface area contributed by atoms with E-state index in [-0.39, 0.29) is 0 Å². The van der Waals surface area contributed by atoms with Crippen LogP contribution in [0.5, 0.6) is 0 Å². The molecule has 0 spiro atoms. The lowest BCUT2D eigenvalue weighted by Crippen LogP contribution is -2.43. The molecule has 1 amide bonds. The highest BCUT2D eigenvalue weighted by Crippen LogP contribution is 2.45. The van der Waals surface area contributed by atoms with Gasteiger partial charge in [0.25, 0.3) is 0 Å². The maximum atomic E-state index is 13.0. The number of benzene rings is 1. The van der Waals surface area contributed by atoms with Gasteiger partial charge in [0.05, 0.1) is 0 Å². The highest BCUT2D eigenvalue weighted by atomic mass is 16.2.